The standard InChI is InChI=1S/C31H38N2O2S/c34-36(35,30-17-8-3-9-18-30)33-24-29(31(25-33)28-15-6-2-7-16-28)23-32-21-19-27(20-22-32)14-10-13-26-11-4-1-5-12-26/h1-9,11-12,15-18,27,29,31H,10,13-14,19-25H2/t29-,31+/m0/s1. The minimum absolute atomic E-state index is 0.230. The van der Waals surface area contributed by atoms with Crippen molar-refractivity contribution in [3.8, 4) is 0 Å². The van der Waals surface area contributed by atoms with Gasteiger partial charge in [-0.15, -0.1) is 0 Å². The molecule has 2 atom stereocenters. The first-order valence-electron chi connectivity index (χ1n) is 13.5. The maximum Gasteiger partial charge on any atom is 0.243 e. The molecule has 0 radical (unpaired) electrons. The Morgan fingerprint density at radius 2 is 1.36 bits per heavy atom. The predicted octanol–water partition coefficient (Wildman–Crippen LogP) is 5.83. The predicted molar refractivity (Wildman–Crippen MR) is 146 cm³/mol. The van der Waals surface area contributed by atoms with Crippen LogP contribution in [0, 0.1) is 11.8 Å². The second-order valence-electron chi connectivity index (χ2n) is 10.5. The summed E-state index contributed by atoms with van der Waals surface area (Å²) in [4.78, 5) is 2.99. The van der Waals surface area contributed by atoms with Gasteiger partial charge in [0.1, 0.15) is 0 Å². The van der Waals surface area contributed by atoms with Gasteiger partial charge in [-0.05, 0) is 73.9 Å². The van der Waals surface area contributed by atoms with Crippen molar-refractivity contribution >= 4 is 10.0 Å². The summed E-state index contributed by atoms with van der Waals surface area (Å²) in [5.41, 5.74) is 2.70. The van der Waals surface area contributed by atoms with Gasteiger partial charge in [-0.2, -0.15) is 4.31 Å². The lowest BCUT2D eigenvalue weighted by Crippen LogP contribution is -2.39. The molecule has 4 nitrogen and oxygen atoms in total. The highest BCUT2D eigenvalue weighted by Gasteiger charge is 2.40. The zero-order chi connectivity index (χ0) is 24.8. The van der Waals surface area contributed by atoms with Gasteiger partial charge in [0.05, 0.1) is 4.90 Å². The van der Waals surface area contributed by atoms with Crippen molar-refractivity contribution in [2.24, 2.45) is 11.8 Å². The van der Waals surface area contributed by atoms with E-state index in [1.54, 1.807) is 28.6 Å². The van der Waals surface area contributed by atoms with E-state index in [1.165, 1.54) is 43.2 Å². The quantitative estimate of drug-likeness (QED) is 0.370. The highest BCUT2D eigenvalue weighted by molar-refractivity contribution is 7.89. The Labute approximate surface area is 217 Å². The fourth-order valence-electron chi connectivity index (χ4n) is 6.06. The van der Waals surface area contributed by atoms with Crippen LogP contribution in [-0.4, -0.2) is 50.3 Å². The van der Waals surface area contributed by atoms with E-state index >= 15 is 0 Å². The van der Waals surface area contributed by atoms with E-state index in [1.807, 2.05) is 12.1 Å². The van der Waals surface area contributed by atoms with Gasteiger partial charge in [-0.1, -0.05) is 85.3 Å². The molecule has 190 valence electrons. The molecule has 5 heteroatoms. The molecule has 5 rings (SSSR count). The molecule has 36 heavy (non-hydrogen) atoms. The third kappa shape index (κ3) is 6.08. The van der Waals surface area contributed by atoms with Crippen LogP contribution in [0.25, 0.3) is 0 Å². The van der Waals surface area contributed by atoms with Crippen LogP contribution in [0.15, 0.2) is 95.9 Å². The summed E-state index contributed by atoms with van der Waals surface area (Å²) >= 11 is 0. The number of hydrogen-bond acceptors (Lipinski definition) is 3. The van der Waals surface area contributed by atoms with Crippen molar-refractivity contribution in [3.05, 3.63) is 102 Å². The largest absolute Gasteiger partial charge is 0.303 e. The van der Waals surface area contributed by atoms with Gasteiger partial charge >= 0.3 is 0 Å². The number of sulfonamides is 1. The third-order valence-electron chi connectivity index (χ3n) is 8.14. The van der Waals surface area contributed by atoms with E-state index in [0.717, 1.165) is 25.6 Å². The van der Waals surface area contributed by atoms with E-state index in [0.29, 0.717) is 23.9 Å². The number of piperidine rings is 1. The van der Waals surface area contributed by atoms with Crippen molar-refractivity contribution in [1.29, 1.82) is 0 Å². The lowest BCUT2D eigenvalue weighted by Gasteiger charge is -2.34. The van der Waals surface area contributed by atoms with Crippen molar-refractivity contribution in [2.45, 2.75) is 42.9 Å². The van der Waals surface area contributed by atoms with Crippen molar-refractivity contribution in [3.63, 3.8) is 0 Å². The SMILES string of the molecule is O=S(=O)(c1ccccc1)N1C[C@H](CN2CCC(CCCc3ccccc3)CC2)[C@@H](c2ccccc2)C1. The summed E-state index contributed by atoms with van der Waals surface area (Å²) < 4.78 is 28.5. The van der Waals surface area contributed by atoms with Crippen molar-refractivity contribution < 1.29 is 8.42 Å². The molecule has 2 heterocycles. The van der Waals surface area contributed by atoms with Crippen molar-refractivity contribution in [2.75, 3.05) is 32.7 Å². The maximum atomic E-state index is 13.4. The van der Waals surface area contributed by atoms with Gasteiger partial charge in [0.25, 0.3) is 0 Å². The molecule has 2 saturated heterocycles. The smallest absolute Gasteiger partial charge is 0.243 e. The summed E-state index contributed by atoms with van der Waals surface area (Å²) in [7, 11) is -3.48. The molecule has 2 aliphatic heterocycles. The van der Waals surface area contributed by atoms with E-state index in [-0.39, 0.29) is 5.92 Å². The van der Waals surface area contributed by atoms with Gasteiger partial charge < -0.3 is 4.90 Å². The average molecular weight is 503 g/mol. The zero-order valence-electron chi connectivity index (χ0n) is 21.1. The number of hydrogen-bond donors (Lipinski definition) is 0. The Bertz CT molecular complexity index is 1180. The van der Waals surface area contributed by atoms with E-state index < -0.39 is 10.0 Å². The van der Waals surface area contributed by atoms with Crippen LogP contribution in [0.4, 0.5) is 0 Å². The van der Waals surface area contributed by atoms with Crippen molar-refractivity contribution in [1.82, 2.24) is 9.21 Å². The average Bonchev–Trinajstić information content (AvgIpc) is 3.36. The monoisotopic (exact) mass is 502 g/mol. The molecule has 0 N–H and O–H groups in total. The fraction of sp³-hybridized carbons (Fsp3) is 0.419. The summed E-state index contributed by atoms with van der Waals surface area (Å²) in [6.45, 7) is 4.37. The molecule has 0 amide bonds. The van der Waals surface area contributed by atoms with Crippen LogP contribution >= 0.6 is 0 Å². The molecule has 2 aliphatic rings. The molecular weight excluding hydrogens is 464 g/mol. The molecule has 0 spiro atoms. The highest BCUT2D eigenvalue weighted by atomic mass is 32.2. The number of benzene rings is 3. The zero-order valence-corrected chi connectivity index (χ0v) is 21.9. The van der Waals surface area contributed by atoms with Crippen LogP contribution in [-0.2, 0) is 16.4 Å². The number of aryl methyl sites for hydroxylation is 1. The molecular formula is C31H38N2O2S. The number of nitrogens with zero attached hydrogens (tertiary/aromatic N) is 2. The molecule has 3 aromatic rings. The van der Waals surface area contributed by atoms with Crippen LogP contribution in [0.2, 0.25) is 0 Å². The van der Waals surface area contributed by atoms with Crippen LogP contribution in [0.1, 0.15) is 42.7 Å². The Morgan fingerprint density at radius 3 is 2.03 bits per heavy atom. The van der Waals surface area contributed by atoms with Gasteiger partial charge in [0.15, 0.2) is 0 Å². The van der Waals surface area contributed by atoms with E-state index in [4.69, 9.17) is 0 Å². The molecule has 0 bridgehead atoms. The van der Waals surface area contributed by atoms with E-state index in [2.05, 4.69) is 59.5 Å². The van der Waals surface area contributed by atoms with Crippen LogP contribution in [0.3, 0.4) is 0 Å². The van der Waals surface area contributed by atoms with Gasteiger partial charge in [0.2, 0.25) is 10.0 Å². The number of likely N-dealkylation sites (tertiary alicyclic amines) is 1. The normalized spacial score (nSPS) is 22.1. The number of rotatable bonds is 9. The lowest BCUT2D eigenvalue weighted by atomic mass is 9.87. The Kier molecular flexibility index (Phi) is 8.20. The molecule has 0 unspecified atom stereocenters. The molecule has 2 fully saturated rings. The maximum absolute atomic E-state index is 13.4. The second kappa shape index (κ2) is 11.7. The minimum atomic E-state index is -3.48. The van der Waals surface area contributed by atoms with Gasteiger partial charge in [0, 0.05) is 25.6 Å². The topological polar surface area (TPSA) is 40.6 Å². The summed E-state index contributed by atoms with van der Waals surface area (Å²) in [6.07, 6.45) is 6.25. The summed E-state index contributed by atoms with van der Waals surface area (Å²) in [5.74, 6) is 1.35. The summed E-state index contributed by atoms with van der Waals surface area (Å²) in [6, 6.07) is 30.2. The third-order valence-corrected chi connectivity index (χ3v) is 9.98. The highest BCUT2D eigenvalue weighted by Crippen LogP contribution is 2.37. The molecule has 0 aromatic heterocycles. The van der Waals surface area contributed by atoms with E-state index in [9.17, 15) is 8.42 Å². The minimum Gasteiger partial charge on any atom is -0.303 e. The molecule has 0 aliphatic carbocycles. The first-order valence-corrected chi connectivity index (χ1v) is 14.9. The Hall–Kier alpha value is -2.47. The second-order valence-corrected chi connectivity index (χ2v) is 12.5. The summed E-state index contributed by atoms with van der Waals surface area (Å²) in [5, 5.41) is 0. The molecule has 3 aromatic carbocycles. The van der Waals surface area contributed by atoms with Crippen LogP contribution in [0.5, 0.6) is 0 Å². The fourth-order valence-corrected chi connectivity index (χ4v) is 7.61. The first-order chi connectivity index (χ1) is 17.6. The first kappa shape index (κ1) is 25.2. The Balaban J connectivity index is 1.19. The van der Waals surface area contributed by atoms with Gasteiger partial charge in [-0.3, -0.25) is 0 Å². The molecule has 0 saturated carbocycles. The Morgan fingerprint density at radius 1 is 0.750 bits per heavy atom. The van der Waals surface area contributed by atoms with Crippen LogP contribution < -0.4 is 0 Å². The lowest BCUT2D eigenvalue weighted by molar-refractivity contribution is 0.154. The van der Waals surface area contributed by atoms with Gasteiger partial charge in [-0.25, -0.2) is 8.42 Å².